The van der Waals surface area contributed by atoms with Crippen LogP contribution in [0.1, 0.15) is 23.6 Å². The molecular formula is C23H20Cl2N2O2. The molecule has 1 aliphatic rings. The summed E-state index contributed by atoms with van der Waals surface area (Å²) in [4.78, 5) is 0. The second kappa shape index (κ2) is 8.36. The molecule has 0 radical (unpaired) electrons. The number of nitrogens with zero attached hydrogens (tertiary/aromatic N) is 2. The van der Waals surface area contributed by atoms with Gasteiger partial charge in [0.05, 0.1) is 31.7 Å². The third kappa shape index (κ3) is 4.04. The molecule has 0 saturated carbocycles. The van der Waals surface area contributed by atoms with Gasteiger partial charge in [-0.25, -0.2) is 0 Å². The van der Waals surface area contributed by atoms with Gasteiger partial charge in [-0.05, 0) is 54.1 Å². The number of benzene rings is 3. The smallest absolute Gasteiger partial charge is 0.131 e. The molecule has 1 aliphatic heterocycles. The van der Waals surface area contributed by atoms with Crippen molar-refractivity contribution in [3.05, 3.63) is 87.9 Å². The Morgan fingerprint density at radius 2 is 1.52 bits per heavy atom. The zero-order valence-electron chi connectivity index (χ0n) is 16.1. The second-order valence-corrected chi connectivity index (χ2v) is 7.58. The molecular weight excluding hydrogens is 407 g/mol. The number of halogens is 2. The molecule has 4 nitrogen and oxygen atoms in total. The topological polar surface area (TPSA) is 34.1 Å². The van der Waals surface area contributed by atoms with Crippen LogP contribution in [0.4, 0.5) is 5.69 Å². The number of anilines is 1. The predicted molar refractivity (Wildman–Crippen MR) is 119 cm³/mol. The molecule has 0 saturated heterocycles. The van der Waals surface area contributed by atoms with Crippen LogP contribution in [0.2, 0.25) is 10.0 Å². The Labute approximate surface area is 180 Å². The predicted octanol–water partition coefficient (Wildman–Crippen LogP) is 6.37. The van der Waals surface area contributed by atoms with Crippen molar-refractivity contribution >= 4 is 34.6 Å². The highest BCUT2D eigenvalue weighted by atomic mass is 35.5. The maximum atomic E-state index is 6.10. The van der Waals surface area contributed by atoms with Crippen molar-refractivity contribution in [3.63, 3.8) is 0 Å². The molecule has 6 heteroatoms. The Hall–Kier alpha value is -2.69. The lowest BCUT2D eigenvalue weighted by Gasteiger charge is -2.24. The SMILES string of the molecule is COc1ccc(C2=NN(c3ccc(Cl)cc3)C(c3ccc(Cl)cc3)C2)c(OC)c1. The highest BCUT2D eigenvalue weighted by Crippen LogP contribution is 2.39. The number of rotatable bonds is 5. The van der Waals surface area contributed by atoms with Crippen LogP contribution < -0.4 is 14.5 Å². The van der Waals surface area contributed by atoms with Gasteiger partial charge >= 0.3 is 0 Å². The Morgan fingerprint density at radius 3 is 2.14 bits per heavy atom. The molecule has 0 aliphatic carbocycles. The zero-order chi connectivity index (χ0) is 20.4. The van der Waals surface area contributed by atoms with E-state index in [1.165, 1.54) is 0 Å². The maximum absolute atomic E-state index is 6.10. The standard InChI is InChI=1S/C23H20Cl2N2O2/c1-28-19-11-12-20(23(13-19)29-2)21-14-22(15-3-5-16(24)6-4-15)27(26-21)18-9-7-17(25)8-10-18/h3-13,22H,14H2,1-2H3. The van der Waals surface area contributed by atoms with Crippen LogP contribution in [0.25, 0.3) is 0 Å². The van der Waals surface area contributed by atoms with Crippen LogP contribution in [0.3, 0.4) is 0 Å². The molecule has 3 aromatic carbocycles. The Balaban J connectivity index is 1.77. The van der Waals surface area contributed by atoms with Crippen LogP contribution in [0.5, 0.6) is 11.5 Å². The Morgan fingerprint density at radius 1 is 0.862 bits per heavy atom. The van der Waals surface area contributed by atoms with Crippen LogP contribution in [-0.2, 0) is 0 Å². The first kappa shape index (κ1) is 19.6. The van der Waals surface area contributed by atoms with Crippen molar-refractivity contribution in [2.24, 2.45) is 5.10 Å². The summed E-state index contributed by atoms with van der Waals surface area (Å²) in [6.45, 7) is 0. The molecule has 0 spiro atoms. The monoisotopic (exact) mass is 426 g/mol. The van der Waals surface area contributed by atoms with Gasteiger partial charge in [0.1, 0.15) is 11.5 Å². The second-order valence-electron chi connectivity index (χ2n) is 6.71. The summed E-state index contributed by atoms with van der Waals surface area (Å²) in [6, 6.07) is 21.4. The molecule has 1 unspecified atom stereocenters. The third-order valence-electron chi connectivity index (χ3n) is 4.98. The third-order valence-corrected chi connectivity index (χ3v) is 5.48. The van der Waals surface area contributed by atoms with Crippen LogP contribution in [0.15, 0.2) is 71.8 Å². The van der Waals surface area contributed by atoms with Crippen molar-refractivity contribution in [2.45, 2.75) is 12.5 Å². The fourth-order valence-electron chi connectivity index (χ4n) is 3.49. The summed E-state index contributed by atoms with van der Waals surface area (Å²) >= 11 is 12.2. The minimum atomic E-state index is 0.0373. The molecule has 3 aromatic rings. The number of hydrogen-bond acceptors (Lipinski definition) is 4. The molecule has 0 amide bonds. The summed E-state index contributed by atoms with van der Waals surface area (Å²) in [5.74, 6) is 1.48. The first-order valence-corrected chi connectivity index (χ1v) is 9.95. The summed E-state index contributed by atoms with van der Waals surface area (Å²) in [5, 5.41) is 8.38. The van der Waals surface area contributed by atoms with E-state index >= 15 is 0 Å². The van der Waals surface area contributed by atoms with Crippen molar-refractivity contribution < 1.29 is 9.47 Å². The average Bonchev–Trinajstić information content (AvgIpc) is 3.19. The van der Waals surface area contributed by atoms with Crippen molar-refractivity contribution in [3.8, 4) is 11.5 Å². The summed E-state index contributed by atoms with van der Waals surface area (Å²) < 4.78 is 10.9. The van der Waals surface area contributed by atoms with E-state index in [0.717, 1.165) is 40.4 Å². The van der Waals surface area contributed by atoms with Crippen molar-refractivity contribution in [2.75, 3.05) is 19.2 Å². The van der Waals surface area contributed by atoms with Crippen LogP contribution in [-0.4, -0.2) is 19.9 Å². The number of hydrogen-bond donors (Lipinski definition) is 0. The number of methoxy groups -OCH3 is 2. The van der Waals surface area contributed by atoms with Gasteiger partial charge in [-0.1, -0.05) is 35.3 Å². The number of ether oxygens (including phenoxy) is 2. The Kier molecular flexibility index (Phi) is 5.65. The van der Waals surface area contributed by atoms with E-state index in [-0.39, 0.29) is 6.04 Å². The van der Waals surface area contributed by atoms with Crippen LogP contribution in [0, 0.1) is 0 Å². The largest absolute Gasteiger partial charge is 0.497 e. The highest BCUT2D eigenvalue weighted by Gasteiger charge is 2.31. The highest BCUT2D eigenvalue weighted by molar-refractivity contribution is 6.30. The molecule has 4 rings (SSSR count). The zero-order valence-corrected chi connectivity index (χ0v) is 17.6. The van der Waals surface area contributed by atoms with E-state index in [1.54, 1.807) is 14.2 Å². The maximum Gasteiger partial charge on any atom is 0.131 e. The van der Waals surface area contributed by atoms with Gasteiger partial charge < -0.3 is 9.47 Å². The van der Waals surface area contributed by atoms with Gasteiger partial charge in [0.2, 0.25) is 0 Å². The molecule has 1 atom stereocenters. The van der Waals surface area contributed by atoms with E-state index in [2.05, 4.69) is 0 Å². The Bertz CT molecular complexity index is 1030. The van der Waals surface area contributed by atoms with E-state index in [0.29, 0.717) is 10.0 Å². The minimum absolute atomic E-state index is 0.0373. The molecule has 0 aromatic heterocycles. The quantitative estimate of drug-likeness (QED) is 0.475. The number of hydrazone groups is 1. The summed E-state index contributed by atoms with van der Waals surface area (Å²) in [6.07, 6.45) is 0.729. The summed E-state index contributed by atoms with van der Waals surface area (Å²) in [7, 11) is 3.29. The van der Waals surface area contributed by atoms with Gasteiger partial charge in [0.25, 0.3) is 0 Å². The molecule has 1 heterocycles. The van der Waals surface area contributed by atoms with E-state index in [1.807, 2.05) is 71.7 Å². The first-order chi connectivity index (χ1) is 14.1. The lowest BCUT2D eigenvalue weighted by molar-refractivity contribution is 0.394. The minimum Gasteiger partial charge on any atom is -0.497 e. The van der Waals surface area contributed by atoms with E-state index < -0.39 is 0 Å². The average molecular weight is 427 g/mol. The lowest BCUT2D eigenvalue weighted by atomic mass is 9.97. The van der Waals surface area contributed by atoms with Crippen molar-refractivity contribution in [1.29, 1.82) is 0 Å². The van der Waals surface area contributed by atoms with E-state index in [4.69, 9.17) is 37.8 Å². The van der Waals surface area contributed by atoms with Gasteiger partial charge in [-0.2, -0.15) is 5.10 Å². The van der Waals surface area contributed by atoms with Gasteiger partial charge in [-0.3, -0.25) is 5.01 Å². The van der Waals surface area contributed by atoms with Gasteiger partial charge in [-0.15, -0.1) is 0 Å². The normalized spacial score (nSPS) is 15.9. The van der Waals surface area contributed by atoms with E-state index in [9.17, 15) is 0 Å². The fraction of sp³-hybridized carbons (Fsp3) is 0.174. The van der Waals surface area contributed by atoms with Crippen LogP contribution >= 0.6 is 23.2 Å². The first-order valence-electron chi connectivity index (χ1n) is 9.19. The summed E-state index contributed by atoms with van der Waals surface area (Å²) in [5.41, 5.74) is 4.00. The van der Waals surface area contributed by atoms with Gasteiger partial charge in [0, 0.05) is 28.1 Å². The lowest BCUT2D eigenvalue weighted by Crippen LogP contribution is -2.18. The van der Waals surface area contributed by atoms with Gasteiger partial charge in [0.15, 0.2) is 0 Å². The molecule has 0 bridgehead atoms. The molecule has 29 heavy (non-hydrogen) atoms. The molecule has 0 N–H and O–H groups in total. The molecule has 0 fully saturated rings. The molecule has 148 valence electrons. The van der Waals surface area contributed by atoms with Crippen molar-refractivity contribution in [1.82, 2.24) is 0 Å². The fourth-order valence-corrected chi connectivity index (χ4v) is 3.74.